The molecule has 0 bridgehead atoms. The van der Waals surface area contributed by atoms with Crippen LogP contribution in [0.3, 0.4) is 0 Å². The highest BCUT2D eigenvalue weighted by molar-refractivity contribution is 5.75. The molecule has 0 aromatic heterocycles. The maximum absolute atomic E-state index is 12.9. The number of benzene rings is 3. The average molecular weight is 503 g/mol. The van der Waals surface area contributed by atoms with E-state index in [9.17, 15) is 4.79 Å². The standard InChI is InChI=1S/C31H34O6/c1-3-13-26-27(34-20-23-14-7-4-8-15-23)28(35-21-24-16-9-5-10-17-24)29(30(37-26)31(32)33-2)36-22-25-18-11-6-12-19-25/h3-12,14-19,26-30H,1,13,20-22H2,2H3/t26-,27-,28+,29-,30-/m0/s1. The van der Waals surface area contributed by atoms with E-state index < -0.39 is 36.5 Å². The van der Waals surface area contributed by atoms with E-state index in [2.05, 4.69) is 6.58 Å². The summed E-state index contributed by atoms with van der Waals surface area (Å²) < 4.78 is 30.7. The van der Waals surface area contributed by atoms with Gasteiger partial charge in [0.15, 0.2) is 6.10 Å². The van der Waals surface area contributed by atoms with Crippen LogP contribution in [0.25, 0.3) is 0 Å². The van der Waals surface area contributed by atoms with Gasteiger partial charge in [0, 0.05) is 0 Å². The molecule has 5 atom stereocenters. The van der Waals surface area contributed by atoms with E-state index in [1.54, 1.807) is 6.08 Å². The van der Waals surface area contributed by atoms with Crippen molar-refractivity contribution in [1.82, 2.24) is 0 Å². The highest BCUT2D eigenvalue weighted by Gasteiger charge is 2.51. The molecule has 1 aliphatic heterocycles. The van der Waals surface area contributed by atoms with Crippen LogP contribution in [-0.2, 0) is 48.3 Å². The van der Waals surface area contributed by atoms with Crippen LogP contribution in [0, 0.1) is 0 Å². The fraction of sp³-hybridized carbons (Fsp3) is 0.323. The Morgan fingerprint density at radius 2 is 1.16 bits per heavy atom. The summed E-state index contributed by atoms with van der Waals surface area (Å²) in [6.07, 6.45) is -1.07. The Balaban J connectivity index is 1.64. The third-order valence-electron chi connectivity index (χ3n) is 6.32. The quantitative estimate of drug-likeness (QED) is 0.249. The van der Waals surface area contributed by atoms with Gasteiger partial charge < -0.3 is 23.7 Å². The molecular formula is C31H34O6. The van der Waals surface area contributed by atoms with Crippen molar-refractivity contribution in [1.29, 1.82) is 0 Å². The van der Waals surface area contributed by atoms with Crippen LogP contribution in [0.4, 0.5) is 0 Å². The predicted molar refractivity (Wildman–Crippen MR) is 141 cm³/mol. The van der Waals surface area contributed by atoms with E-state index in [1.807, 2.05) is 91.0 Å². The van der Waals surface area contributed by atoms with Crippen molar-refractivity contribution in [2.24, 2.45) is 0 Å². The molecule has 1 saturated heterocycles. The van der Waals surface area contributed by atoms with Crippen LogP contribution in [0.5, 0.6) is 0 Å². The number of esters is 1. The van der Waals surface area contributed by atoms with Gasteiger partial charge in [0.05, 0.1) is 33.0 Å². The molecular weight excluding hydrogens is 468 g/mol. The van der Waals surface area contributed by atoms with E-state index in [0.717, 1.165) is 16.7 Å². The van der Waals surface area contributed by atoms with Crippen molar-refractivity contribution >= 4 is 5.97 Å². The molecule has 1 heterocycles. The van der Waals surface area contributed by atoms with E-state index in [-0.39, 0.29) is 6.61 Å². The Bertz CT molecular complexity index is 1090. The highest BCUT2D eigenvalue weighted by Crippen LogP contribution is 2.32. The fourth-order valence-corrected chi connectivity index (χ4v) is 4.45. The van der Waals surface area contributed by atoms with Crippen LogP contribution in [0.15, 0.2) is 104 Å². The van der Waals surface area contributed by atoms with Crippen LogP contribution < -0.4 is 0 Å². The van der Waals surface area contributed by atoms with E-state index in [0.29, 0.717) is 19.6 Å². The molecule has 6 nitrogen and oxygen atoms in total. The monoisotopic (exact) mass is 502 g/mol. The van der Waals surface area contributed by atoms with Crippen molar-refractivity contribution in [3.63, 3.8) is 0 Å². The lowest BCUT2D eigenvalue weighted by molar-refractivity contribution is -0.264. The summed E-state index contributed by atoms with van der Waals surface area (Å²) in [5.41, 5.74) is 3.01. The van der Waals surface area contributed by atoms with E-state index in [1.165, 1.54) is 7.11 Å². The van der Waals surface area contributed by atoms with Crippen molar-refractivity contribution in [2.45, 2.75) is 56.8 Å². The second-order valence-corrected chi connectivity index (χ2v) is 8.93. The minimum atomic E-state index is -0.976. The average Bonchev–Trinajstić information content (AvgIpc) is 2.95. The largest absolute Gasteiger partial charge is 0.467 e. The van der Waals surface area contributed by atoms with Gasteiger partial charge in [0.1, 0.15) is 18.3 Å². The highest BCUT2D eigenvalue weighted by atomic mass is 16.6. The molecule has 4 rings (SSSR count). The SMILES string of the molecule is C=CC[C@@H]1O[C@H](C(=O)OC)[C@@H](OCc2ccccc2)[C@H](OCc2ccccc2)[C@H]1OCc1ccccc1. The van der Waals surface area contributed by atoms with Gasteiger partial charge in [-0.05, 0) is 23.1 Å². The third-order valence-corrected chi connectivity index (χ3v) is 6.32. The van der Waals surface area contributed by atoms with Crippen LogP contribution >= 0.6 is 0 Å². The van der Waals surface area contributed by atoms with Crippen LogP contribution in [-0.4, -0.2) is 43.6 Å². The summed E-state index contributed by atoms with van der Waals surface area (Å²) in [6, 6.07) is 29.6. The Kier molecular flexibility index (Phi) is 10.0. The van der Waals surface area contributed by atoms with Gasteiger partial charge in [0.25, 0.3) is 0 Å². The van der Waals surface area contributed by atoms with E-state index >= 15 is 0 Å². The fourth-order valence-electron chi connectivity index (χ4n) is 4.45. The molecule has 6 heteroatoms. The Hall–Kier alpha value is -3.29. The van der Waals surface area contributed by atoms with Gasteiger partial charge in [-0.1, -0.05) is 97.1 Å². The number of hydrogen-bond acceptors (Lipinski definition) is 6. The Morgan fingerprint density at radius 3 is 1.59 bits per heavy atom. The molecule has 0 aliphatic carbocycles. The number of carbonyl (C=O) groups excluding carboxylic acids is 1. The first kappa shape index (κ1) is 26.8. The van der Waals surface area contributed by atoms with Crippen molar-refractivity contribution in [3.05, 3.63) is 120 Å². The lowest BCUT2D eigenvalue weighted by Gasteiger charge is -2.45. The maximum Gasteiger partial charge on any atom is 0.337 e. The Labute approximate surface area is 218 Å². The minimum Gasteiger partial charge on any atom is -0.467 e. The number of rotatable bonds is 12. The summed E-state index contributed by atoms with van der Waals surface area (Å²) in [5.74, 6) is -0.512. The van der Waals surface area contributed by atoms with Gasteiger partial charge in [-0.25, -0.2) is 4.79 Å². The molecule has 3 aromatic carbocycles. The summed E-state index contributed by atoms with van der Waals surface area (Å²) in [6.45, 7) is 4.86. The van der Waals surface area contributed by atoms with Crippen LogP contribution in [0.2, 0.25) is 0 Å². The smallest absolute Gasteiger partial charge is 0.337 e. The molecule has 37 heavy (non-hydrogen) atoms. The second kappa shape index (κ2) is 13.9. The lowest BCUT2D eigenvalue weighted by Crippen LogP contribution is -2.62. The molecule has 0 spiro atoms. The number of hydrogen-bond donors (Lipinski definition) is 0. The third kappa shape index (κ3) is 7.37. The number of methoxy groups -OCH3 is 1. The summed E-state index contributed by atoms with van der Waals surface area (Å²) in [5, 5.41) is 0. The molecule has 0 amide bonds. The zero-order chi connectivity index (χ0) is 25.9. The van der Waals surface area contributed by atoms with Gasteiger partial charge in [-0.15, -0.1) is 6.58 Å². The van der Waals surface area contributed by atoms with Crippen molar-refractivity contribution < 1.29 is 28.5 Å². The molecule has 0 radical (unpaired) electrons. The van der Waals surface area contributed by atoms with Gasteiger partial charge in [0.2, 0.25) is 0 Å². The molecule has 3 aromatic rings. The van der Waals surface area contributed by atoms with Gasteiger partial charge in [-0.3, -0.25) is 0 Å². The van der Waals surface area contributed by atoms with Crippen molar-refractivity contribution in [3.8, 4) is 0 Å². The minimum absolute atomic E-state index is 0.283. The van der Waals surface area contributed by atoms with Gasteiger partial charge in [-0.2, -0.15) is 0 Å². The molecule has 1 aliphatic rings. The predicted octanol–water partition coefficient (Wildman–Crippen LogP) is 5.26. The van der Waals surface area contributed by atoms with Crippen molar-refractivity contribution in [2.75, 3.05) is 7.11 Å². The second-order valence-electron chi connectivity index (χ2n) is 8.93. The molecule has 1 fully saturated rings. The number of carbonyl (C=O) groups is 1. The van der Waals surface area contributed by atoms with Gasteiger partial charge >= 0.3 is 5.97 Å². The molecule has 0 saturated carbocycles. The van der Waals surface area contributed by atoms with E-state index in [4.69, 9.17) is 23.7 Å². The Morgan fingerprint density at radius 1 is 0.730 bits per heavy atom. The number of ether oxygens (including phenoxy) is 5. The molecule has 194 valence electrons. The molecule has 0 unspecified atom stereocenters. The summed E-state index contributed by atoms with van der Waals surface area (Å²) >= 11 is 0. The van der Waals surface area contributed by atoms with Crippen LogP contribution in [0.1, 0.15) is 23.1 Å². The summed E-state index contributed by atoms with van der Waals surface area (Å²) in [4.78, 5) is 12.9. The zero-order valence-electron chi connectivity index (χ0n) is 21.1. The first-order valence-electron chi connectivity index (χ1n) is 12.5. The normalized spacial score (nSPS) is 23.3. The first-order valence-corrected chi connectivity index (χ1v) is 12.5. The molecule has 0 N–H and O–H groups in total. The topological polar surface area (TPSA) is 63.2 Å². The zero-order valence-corrected chi connectivity index (χ0v) is 21.1. The summed E-state index contributed by atoms with van der Waals surface area (Å²) in [7, 11) is 1.35. The first-order chi connectivity index (χ1) is 18.2. The lowest BCUT2D eigenvalue weighted by atomic mass is 9.92. The maximum atomic E-state index is 12.9.